The van der Waals surface area contributed by atoms with Crippen LogP contribution in [0.15, 0.2) is 46.0 Å². The lowest BCUT2D eigenvalue weighted by Gasteiger charge is -2.38. The second-order valence-electron chi connectivity index (χ2n) is 7.87. The van der Waals surface area contributed by atoms with Crippen LogP contribution in [-0.4, -0.2) is 72.2 Å². The number of carbonyl (C=O) groups excluding carboxylic acids is 1. The van der Waals surface area contributed by atoms with Gasteiger partial charge in [-0.15, -0.1) is 11.3 Å². The van der Waals surface area contributed by atoms with Gasteiger partial charge in [0.2, 0.25) is 0 Å². The number of aliphatic carboxylic acids is 1. The molecule has 2 unspecified atom stereocenters. The molecule has 0 amide bonds. The van der Waals surface area contributed by atoms with Gasteiger partial charge in [0.05, 0.1) is 25.9 Å². The van der Waals surface area contributed by atoms with Crippen molar-refractivity contribution < 1.29 is 33.0 Å². The Morgan fingerprint density at radius 1 is 1.38 bits per heavy atom. The second-order valence-corrected chi connectivity index (χ2v) is 8.76. The van der Waals surface area contributed by atoms with E-state index in [0.717, 1.165) is 12.1 Å². The minimum absolute atomic E-state index is 0.00988. The summed E-state index contributed by atoms with van der Waals surface area (Å²) in [6.45, 7) is 2.23. The van der Waals surface area contributed by atoms with Crippen molar-refractivity contribution >= 4 is 29.1 Å². The van der Waals surface area contributed by atoms with Gasteiger partial charge in [-0.3, -0.25) is 9.69 Å². The zero-order chi connectivity index (χ0) is 24.5. The van der Waals surface area contributed by atoms with E-state index in [1.807, 2.05) is 0 Å². The van der Waals surface area contributed by atoms with Crippen molar-refractivity contribution in [2.24, 2.45) is 4.99 Å². The molecule has 9 nitrogen and oxygen atoms in total. The number of rotatable bonds is 6. The number of carboxylic acid groups (broad SMARTS) is 1. The number of nitrogens with one attached hydrogen (secondary N) is 1. The van der Waals surface area contributed by atoms with Gasteiger partial charge < -0.3 is 19.9 Å². The van der Waals surface area contributed by atoms with E-state index >= 15 is 0 Å². The molecule has 1 fully saturated rings. The van der Waals surface area contributed by atoms with Gasteiger partial charge in [-0.2, -0.15) is 0 Å². The summed E-state index contributed by atoms with van der Waals surface area (Å²) in [6, 6.07) is 2.37. The fraction of sp³-hybridized carbons (Fsp3) is 0.364. The molecule has 2 atom stereocenters. The maximum Gasteiger partial charge on any atom is 0.338 e. The standard InChI is InChI=1S/C22H22F2N4O5S/c1-22(12-3-4-13(23)14(24)9-12)17(21(31)32-2)15(26-18(27-22)19-25-5-8-34-19)10-28-6-7-33-11-16(28)20(29)30/h3-5,8-9,16H,6-7,10-11H2,1-2H3,(H,26,27)(H,29,30). The molecule has 2 aliphatic rings. The van der Waals surface area contributed by atoms with Gasteiger partial charge in [0.25, 0.3) is 0 Å². The normalized spacial score (nSPS) is 23.3. The van der Waals surface area contributed by atoms with Crippen LogP contribution in [-0.2, 0) is 24.6 Å². The minimum atomic E-state index is -1.48. The third-order valence-corrected chi connectivity index (χ3v) is 6.56. The zero-order valence-corrected chi connectivity index (χ0v) is 19.2. The highest BCUT2D eigenvalue weighted by Crippen LogP contribution is 2.39. The maximum atomic E-state index is 14.2. The van der Waals surface area contributed by atoms with Crippen molar-refractivity contribution in [3.05, 3.63) is 63.3 Å². The van der Waals surface area contributed by atoms with Gasteiger partial charge in [-0.1, -0.05) is 6.07 Å². The highest BCUT2D eigenvalue weighted by molar-refractivity contribution is 7.11. The molecule has 1 aromatic heterocycles. The predicted octanol–water partition coefficient (Wildman–Crippen LogP) is 1.90. The lowest BCUT2D eigenvalue weighted by molar-refractivity contribution is -0.149. The number of carboxylic acids is 1. The van der Waals surface area contributed by atoms with Crippen LogP contribution in [0.4, 0.5) is 8.78 Å². The van der Waals surface area contributed by atoms with Crippen LogP contribution < -0.4 is 5.32 Å². The second kappa shape index (κ2) is 9.57. The Bertz CT molecular complexity index is 1170. The number of esters is 1. The van der Waals surface area contributed by atoms with E-state index < -0.39 is 35.2 Å². The molecule has 2 N–H and O–H groups in total. The number of aliphatic imine (C=N–C) groups is 1. The minimum Gasteiger partial charge on any atom is -0.480 e. The molecule has 0 saturated carbocycles. The average Bonchev–Trinajstić information content (AvgIpc) is 3.35. The van der Waals surface area contributed by atoms with Gasteiger partial charge in [0.1, 0.15) is 11.6 Å². The van der Waals surface area contributed by atoms with E-state index in [-0.39, 0.29) is 24.3 Å². The number of hydrogen-bond acceptors (Lipinski definition) is 9. The number of halogens is 2. The lowest BCUT2D eigenvalue weighted by atomic mass is 9.82. The largest absolute Gasteiger partial charge is 0.480 e. The summed E-state index contributed by atoms with van der Waals surface area (Å²) < 4.78 is 38.3. The third kappa shape index (κ3) is 4.43. The predicted molar refractivity (Wildman–Crippen MR) is 118 cm³/mol. The first-order valence-electron chi connectivity index (χ1n) is 10.3. The number of hydrogen-bond donors (Lipinski definition) is 2. The molecule has 0 radical (unpaired) electrons. The molecule has 2 aliphatic heterocycles. The van der Waals surface area contributed by atoms with Gasteiger partial charge in [-0.05, 0) is 24.6 Å². The zero-order valence-electron chi connectivity index (χ0n) is 18.4. The molecule has 0 bridgehead atoms. The molecular weight excluding hydrogens is 470 g/mol. The van der Waals surface area contributed by atoms with Gasteiger partial charge in [0.15, 0.2) is 22.5 Å². The summed E-state index contributed by atoms with van der Waals surface area (Å²) >= 11 is 1.29. The van der Waals surface area contributed by atoms with Crippen LogP contribution in [0.3, 0.4) is 0 Å². The molecule has 3 heterocycles. The SMILES string of the molecule is COC(=O)C1=C(CN2CCOCC2C(=O)O)NC(c2nccs2)=NC1(C)c1ccc(F)c(F)c1. The van der Waals surface area contributed by atoms with Crippen molar-refractivity contribution in [3.63, 3.8) is 0 Å². The summed E-state index contributed by atoms with van der Waals surface area (Å²) in [5.41, 5.74) is -0.880. The van der Waals surface area contributed by atoms with E-state index in [0.29, 0.717) is 29.7 Å². The van der Waals surface area contributed by atoms with Gasteiger partial charge in [0, 0.05) is 30.4 Å². The highest BCUT2D eigenvalue weighted by atomic mass is 32.1. The highest BCUT2D eigenvalue weighted by Gasteiger charge is 2.44. The van der Waals surface area contributed by atoms with Crippen molar-refractivity contribution in [1.82, 2.24) is 15.2 Å². The molecule has 180 valence electrons. The van der Waals surface area contributed by atoms with Crippen molar-refractivity contribution in [1.29, 1.82) is 0 Å². The number of methoxy groups -OCH3 is 1. The Balaban J connectivity index is 1.88. The summed E-state index contributed by atoms with van der Waals surface area (Å²) in [7, 11) is 1.20. The quantitative estimate of drug-likeness (QED) is 0.588. The number of morpholine rings is 1. The van der Waals surface area contributed by atoms with E-state index in [4.69, 9.17) is 14.5 Å². The monoisotopic (exact) mass is 492 g/mol. The molecule has 4 rings (SSSR count). The molecule has 2 aromatic rings. The smallest absolute Gasteiger partial charge is 0.338 e. The Kier molecular flexibility index (Phi) is 6.73. The van der Waals surface area contributed by atoms with Crippen LogP contribution in [0.1, 0.15) is 17.5 Å². The number of nitrogens with zero attached hydrogens (tertiary/aromatic N) is 3. The van der Waals surface area contributed by atoms with Crippen LogP contribution in [0.5, 0.6) is 0 Å². The molecule has 0 spiro atoms. The first-order chi connectivity index (χ1) is 16.2. The fourth-order valence-electron chi connectivity index (χ4n) is 4.06. The summed E-state index contributed by atoms with van der Waals surface area (Å²) in [5.74, 6) is -3.62. The number of benzene rings is 1. The number of thiazole rings is 1. The third-order valence-electron chi connectivity index (χ3n) is 5.79. The van der Waals surface area contributed by atoms with Crippen molar-refractivity contribution in [3.8, 4) is 0 Å². The Morgan fingerprint density at radius 3 is 2.82 bits per heavy atom. The summed E-state index contributed by atoms with van der Waals surface area (Å²) in [6.07, 6.45) is 1.58. The molecule has 34 heavy (non-hydrogen) atoms. The van der Waals surface area contributed by atoms with E-state index in [1.54, 1.807) is 23.4 Å². The number of ether oxygens (including phenoxy) is 2. The van der Waals surface area contributed by atoms with E-state index in [1.165, 1.54) is 24.5 Å². The lowest BCUT2D eigenvalue weighted by Crippen LogP contribution is -2.53. The van der Waals surface area contributed by atoms with Gasteiger partial charge >= 0.3 is 11.9 Å². The summed E-state index contributed by atoms with van der Waals surface area (Å²) in [5, 5.41) is 15.0. The van der Waals surface area contributed by atoms with Crippen molar-refractivity contribution in [2.45, 2.75) is 18.5 Å². The molecule has 1 aromatic carbocycles. The average molecular weight is 493 g/mol. The Morgan fingerprint density at radius 2 is 2.18 bits per heavy atom. The Labute approximate surface area is 197 Å². The van der Waals surface area contributed by atoms with Crippen LogP contribution in [0.25, 0.3) is 0 Å². The van der Waals surface area contributed by atoms with Crippen LogP contribution in [0.2, 0.25) is 0 Å². The molecule has 0 aliphatic carbocycles. The van der Waals surface area contributed by atoms with Crippen LogP contribution in [0, 0.1) is 11.6 Å². The first-order valence-corrected chi connectivity index (χ1v) is 11.2. The number of amidine groups is 1. The molecular formula is C22H22F2N4O5S. The first kappa shape index (κ1) is 23.9. The molecule has 12 heteroatoms. The topological polar surface area (TPSA) is 113 Å². The Hall–Kier alpha value is -3.22. The van der Waals surface area contributed by atoms with E-state index in [9.17, 15) is 23.5 Å². The van der Waals surface area contributed by atoms with E-state index in [2.05, 4.69) is 10.3 Å². The number of aromatic nitrogens is 1. The fourth-order valence-corrected chi connectivity index (χ4v) is 4.64. The maximum absolute atomic E-state index is 14.2. The van der Waals surface area contributed by atoms with Crippen LogP contribution >= 0.6 is 11.3 Å². The number of carbonyl (C=O) groups is 2. The van der Waals surface area contributed by atoms with Gasteiger partial charge in [-0.25, -0.2) is 23.6 Å². The molecule has 1 saturated heterocycles. The summed E-state index contributed by atoms with van der Waals surface area (Å²) in [4.78, 5) is 35.4. The van der Waals surface area contributed by atoms with Crippen molar-refractivity contribution in [2.75, 3.05) is 33.4 Å².